The van der Waals surface area contributed by atoms with Gasteiger partial charge >= 0.3 is 0 Å². The van der Waals surface area contributed by atoms with E-state index in [0.717, 1.165) is 36.8 Å². The molecule has 0 saturated heterocycles. The van der Waals surface area contributed by atoms with Gasteiger partial charge in [-0.15, -0.1) is 0 Å². The normalized spacial score (nSPS) is 14.5. The van der Waals surface area contributed by atoms with Gasteiger partial charge in [0.1, 0.15) is 0 Å². The molecule has 1 aromatic carbocycles. The Morgan fingerprint density at radius 3 is 2.07 bits per heavy atom. The van der Waals surface area contributed by atoms with Crippen molar-refractivity contribution in [3.05, 3.63) is 76.9 Å². The van der Waals surface area contributed by atoms with E-state index in [4.69, 9.17) is 5.11 Å². The van der Waals surface area contributed by atoms with Crippen molar-refractivity contribution in [3.8, 4) is 0 Å². The predicted octanol–water partition coefficient (Wildman–Crippen LogP) is 6.58. The zero-order valence-electron chi connectivity index (χ0n) is 19.2. The molecule has 0 heterocycles. The second-order valence-electron chi connectivity index (χ2n) is 8.26. The van der Waals surface area contributed by atoms with E-state index in [-0.39, 0.29) is 6.61 Å². The van der Waals surface area contributed by atoms with Gasteiger partial charge in [-0.2, -0.15) is 0 Å². The molecule has 0 bridgehead atoms. The summed E-state index contributed by atoms with van der Waals surface area (Å²) in [5.74, 6) is 0. The van der Waals surface area contributed by atoms with Gasteiger partial charge in [-0.1, -0.05) is 64.8 Å². The topological polar surface area (TPSA) is 54.4 Å². The molecule has 166 valence electrons. The van der Waals surface area contributed by atoms with Crippen molar-refractivity contribution in [2.45, 2.75) is 76.9 Å². The van der Waals surface area contributed by atoms with Gasteiger partial charge in [-0.05, 0) is 78.9 Å². The summed E-state index contributed by atoms with van der Waals surface area (Å²) in [6, 6.07) is 8.61. The first-order valence-corrected chi connectivity index (χ1v) is 12.2. The van der Waals surface area contributed by atoms with E-state index in [1.54, 1.807) is 30.3 Å². The van der Waals surface area contributed by atoms with Crippen LogP contribution in [0.5, 0.6) is 0 Å². The summed E-state index contributed by atoms with van der Waals surface area (Å²) < 4.78 is 26.4. The lowest BCUT2D eigenvalue weighted by Gasteiger charge is -2.16. The molecule has 1 N–H and O–H groups in total. The minimum absolute atomic E-state index is 0.0799. The Morgan fingerprint density at radius 2 is 1.47 bits per heavy atom. The van der Waals surface area contributed by atoms with Crippen LogP contribution in [0.1, 0.15) is 66.7 Å². The predicted molar refractivity (Wildman–Crippen MR) is 128 cm³/mol. The summed E-state index contributed by atoms with van der Waals surface area (Å²) in [5.41, 5.74) is 4.67. The Labute approximate surface area is 183 Å². The maximum atomic E-state index is 13.2. The van der Waals surface area contributed by atoms with Gasteiger partial charge in [-0.3, -0.25) is 0 Å². The van der Waals surface area contributed by atoms with Crippen LogP contribution in [0.4, 0.5) is 0 Å². The highest BCUT2D eigenvalue weighted by Gasteiger charge is 2.25. The van der Waals surface area contributed by atoms with Crippen LogP contribution in [0, 0.1) is 0 Å². The van der Waals surface area contributed by atoms with Crippen molar-refractivity contribution in [1.82, 2.24) is 0 Å². The highest BCUT2D eigenvalue weighted by molar-refractivity contribution is 7.92. The van der Waals surface area contributed by atoms with E-state index < -0.39 is 15.1 Å². The van der Waals surface area contributed by atoms with E-state index in [1.165, 1.54) is 11.1 Å². The quantitative estimate of drug-likeness (QED) is 0.381. The summed E-state index contributed by atoms with van der Waals surface area (Å²) in [6.07, 6.45) is 12.3. The van der Waals surface area contributed by atoms with Crippen LogP contribution in [-0.4, -0.2) is 25.4 Å². The van der Waals surface area contributed by atoms with Crippen LogP contribution < -0.4 is 0 Å². The fourth-order valence-electron chi connectivity index (χ4n) is 3.24. The number of rotatable bonds is 12. The fourth-order valence-corrected chi connectivity index (χ4v) is 5.02. The van der Waals surface area contributed by atoms with Gasteiger partial charge in [0.25, 0.3) is 0 Å². The molecule has 30 heavy (non-hydrogen) atoms. The Hall–Kier alpha value is -1.91. The summed E-state index contributed by atoms with van der Waals surface area (Å²) in [5, 5.41) is 8.53. The minimum atomic E-state index is -3.49. The SMILES string of the molecule is CC(C)=CCC/C(C)=C/CC/C(C)=C/C(C/C(C)=C/CO)S(=O)(=O)c1ccccc1. The molecular formula is C26H38O3S. The number of aliphatic hydroxyl groups is 1. The van der Waals surface area contributed by atoms with Crippen LogP contribution in [-0.2, 0) is 9.84 Å². The molecule has 0 fully saturated rings. The third kappa shape index (κ3) is 9.73. The van der Waals surface area contributed by atoms with Crippen molar-refractivity contribution in [3.63, 3.8) is 0 Å². The summed E-state index contributed by atoms with van der Waals surface area (Å²) in [7, 11) is -3.49. The highest BCUT2D eigenvalue weighted by atomic mass is 32.2. The molecular weight excluding hydrogens is 392 g/mol. The minimum Gasteiger partial charge on any atom is -0.392 e. The smallest absolute Gasteiger partial charge is 0.185 e. The van der Waals surface area contributed by atoms with E-state index in [1.807, 2.05) is 26.0 Å². The van der Waals surface area contributed by atoms with E-state index in [2.05, 4.69) is 32.9 Å². The lowest BCUT2D eigenvalue weighted by molar-refractivity contribution is 0.341. The third-order valence-corrected chi connectivity index (χ3v) is 7.06. The molecule has 0 spiro atoms. The number of allylic oxidation sites excluding steroid dienone is 6. The maximum absolute atomic E-state index is 13.2. The van der Waals surface area contributed by atoms with E-state index >= 15 is 0 Å². The highest BCUT2D eigenvalue weighted by Crippen LogP contribution is 2.24. The average molecular weight is 431 g/mol. The molecule has 0 aliphatic carbocycles. The molecule has 0 saturated carbocycles. The van der Waals surface area contributed by atoms with Gasteiger partial charge in [0.2, 0.25) is 0 Å². The number of hydrogen-bond donors (Lipinski definition) is 1. The first-order chi connectivity index (χ1) is 14.2. The van der Waals surface area contributed by atoms with Crippen molar-refractivity contribution in [1.29, 1.82) is 0 Å². The molecule has 0 aliphatic rings. The second kappa shape index (κ2) is 13.4. The molecule has 1 atom stereocenters. The molecule has 0 radical (unpaired) electrons. The lowest BCUT2D eigenvalue weighted by Crippen LogP contribution is -2.20. The van der Waals surface area contributed by atoms with E-state index in [0.29, 0.717) is 11.3 Å². The molecule has 3 nitrogen and oxygen atoms in total. The third-order valence-electron chi connectivity index (χ3n) is 5.03. The van der Waals surface area contributed by atoms with Gasteiger partial charge in [0.15, 0.2) is 9.84 Å². The molecule has 0 aromatic heterocycles. The molecule has 1 aromatic rings. The molecule has 4 heteroatoms. The number of hydrogen-bond acceptors (Lipinski definition) is 3. The van der Waals surface area contributed by atoms with E-state index in [9.17, 15) is 8.42 Å². The van der Waals surface area contributed by atoms with Gasteiger partial charge in [-0.25, -0.2) is 8.42 Å². The summed E-state index contributed by atoms with van der Waals surface area (Å²) in [4.78, 5) is 0.339. The molecule has 1 rings (SSSR count). The van der Waals surface area contributed by atoms with Crippen LogP contribution in [0.3, 0.4) is 0 Å². The van der Waals surface area contributed by atoms with Crippen LogP contribution >= 0.6 is 0 Å². The van der Waals surface area contributed by atoms with Gasteiger partial charge in [0, 0.05) is 0 Å². The Kier molecular flexibility index (Phi) is 11.7. The zero-order valence-corrected chi connectivity index (χ0v) is 20.0. The average Bonchev–Trinajstić information content (AvgIpc) is 2.68. The first-order valence-electron chi connectivity index (χ1n) is 10.7. The monoisotopic (exact) mass is 430 g/mol. The fraction of sp³-hybridized carbons (Fsp3) is 0.462. The van der Waals surface area contributed by atoms with Crippen molar-refractivity contribution < 1.29 is 13.5 Å². The van der Waals surface area contributed by atoms with Crippen molar-refractivity contribution in [2.75, 3.05) is 6.61 Å². The maximum Gasteiger partial charge on any atom is 0.185 e. The number of aliphatic hydroxyl groups excluding tert-OH is 1. The Morgan fingerprint density at radius 1 is 0.867 bits per heavy atom. The summed E-state index contributed by atoms with van der Waals surface area (Å²) >= 11 is 0. The van der Waals surface area contributed by atoms with Crippen LogP contribution in [0.15, 0.2) is 81.8 Å². The Balaban J connectivity index is 2.93. The van der Waals surface area contributed by atoms with Crippen LogP contribution in [0.2, 0.25) is 0 Å². The Bertz CT molecular complexity index is 868. The number of benzene rings is 1. The van der Waals surface area contributed by atoms with Crippen molar-refractivity contribution >= 4 is 9.84 Å². The van der Waals surface area contributed by atoms with Crippen molar-refractivity contribution in [2.24, 2.45) is 0 Å². The molecule has 0 amide bonds. The number of sulfone groups is 1. The summed E-state index contributed by atoms with van der Waals surface area (Å²) in [6.45, 7) is 10.2. The van der Waals surface area contributed by atoms with Gasteiger partial charge in [0.05, 0.1) is 16.8 Å². The standard InChI is InChI=1S/C26H38O3S/c1-21(2)11-9-12-22(3)13-10-14-23(4)19-26(20-24(5)17-18-27)30(28,29)25-15-7-6-8-16-25/h6-8,11,13,15-17,19,26-27H,9-10,12,14,18,20H2,1-5H3/b22-13+,23-19+,24-17+. The van der Waals surface area contributed by atoms with Gasteiger partial charge < -0.3 is 5.11 Å². The lowest BCUT2D eigenvalue weighted by atomic mass is 10.0. The van der Waals surface area contributed by atoms with Crippen LogP contribution in [0.25, 0.3) is 0 Å². The zero-order chi connectivity index (χ0) is 22.6. The molecule has 0 aliphatic heterocycles. The largest absolute Gasteiger partial charge is 0.392 e. The first kappa shape index (κ1) is 26.1. The second-order valence-corrected chi connectivity index (χ2v) is 10.4. The molecule has 1 unspecified atom stereocenters.